The molecule has 0 saturated heterocycles. The van der Waals surface area contributed by atoms with E-state index in [1.807, 2.05) is 67.6 Å². The summed E-state index contributed by atoms with van der Waals surface area (Å²) in [5, 5.41) is 7.08. The van der Waals surface area contributed by atoms with Crippen LogP contribution in [0.25, 0.3) is 22.2 Å². The standard InChI is InChI=1S/C26H22N6O2/c1-16-12-20(34-2)6-8-21(16)31-25(33)24-14-18-13-19(5-7-22(18)30-24)29-26-28-11-9-23(32-26)17-4-3-10-27-15-17/h3-15,30H,1-2H3,(H,31,33)(H,28,29,32). The Balaban J connectivity index is 1.34. The van der Waals surface area contributed by atoms with Crippen molar-refractivity contribution in [3.63, 3.8) is 0 Å². The van der Waals surface area contributed by atoms with Crippen molar-refractivity contribution in [2.24, 2.45) is 0 Å². The maximum Gasteiger partial charge on any atom is 0.272 e. The molecule has 0 spiro atoms. The fourth-order valence-electron chi connectivity index (χ4n) is 3.65. The molecule has 5 aromatic rings. The Labute approximate surface area is 196 Å². The van der Waals surface area contributed by atoms with E-state index >= 15 is 0 Å². The van der Waals surface area contributed by atoms with Gasteiger partial charge in [0.15, 0.2) is 0 Å². The van der Waals surface area contributed by atoms with Crippen molar-refractivity contribution >= 4 is 34.1 Å². The second-order valence-electron chi connectivity index (χ2n) is 7.75. The topological polar surface area (TPSA) is 105 Å². The zero-order valence-corrected chi connectivity index (χ0v) is 18.7. The Bertz CT molecular complexity index is 1480. The number of nitrogens with zero attached hydrogens (tertiary/aromatic N) is 3. The fraction of sp³-hybridized carbons (Fsp3) is 0.0769. The van der Waals surface area contributed by atoms with E-state index in [2.05, 4.69) is 30.6 Å². The lowest BCUT2D eigenvalue weighted by Gasteiger charge is -2.09. The van der Waals surface area contributed by atoms with E-state index < -0.39 is 0 Å². The van der Waals surface area contributed by atoms with Crippen molar-refractivity contribution in [3.05, 3.63) is 90.5 Å². The summed E-state index contributed by atoms with van der Waals surface area (Å²) in [6.07, 6.45) is 5.19. The van der Waals surface area contributed by atoms with Gasteiger partial charge >= 0.3 is 0 Å². The molecule has 0 saturated carbocycles. The summed E-state index contributed by atoms with van der Waals surface area (Å²) in [4.78, 5) is 29.0. The van der Waals surface area contributed by atoms with Gasteiger partial charge in [0.05, 0.1) is 12.8 Å². The minimum atomic E-state index is -0.216. The highest BCUT2D eigenvalue weighted by Gasteiger charge is 2.12. The van der Waals surface area contributed by atoms with E-state index in [1.54, 1.807) is 25.7 Å². The fourth-order valence-corrected chi connectivity index (χ4v) is 3.65. The third-order valence-electron chi connectivity index (χ3n) is 5.42. The molecule has 0 unspecified atom stereocenters. The molecule has 2 aromatic carbocycles. The van der Waals surface area contributed by atoms with Crippen molar-refractivity contribution in [1.29, 1.82) is 0 Å². The van der Waals surface area contributed by atoms with Gasteiger partial charge in [0.1, 0.15) is 11.4 Å². The number of pyridine rings is 1. The number of ether oxygens (including phenoxy) is 1. The molecule has 3 N–H and O–H groups in total. The number of rotatable bonds is 6. The summed E-state index contributed by atoms with van der Waals surface area (Å²) in [5.41, 5.74) is 5.48. The van der Waals surface area contributed by atoms with Crippen LogP contribution in [-0.4, -0.2) is 33.0 Å². The maximum absolute atomic E-state index is 12.8. The number of hydrogen-bond donors (Lipinski definition) is 3. The minimum absolute atomic E-state index is 0.216. The third-order valence-corrected chi connectivity index (χ3v) is 5.42. The summed E-state index contributed by atoms with van der Waals surface area (Å²) in [6.45, 7) is 1.92. The van der Waals surface area contributed by atoms with Gasteiger partial charge in [0, 0.05) is 46.4 Å². The molecule has 34 heavy (non-hydrogen) atoms. The molecule has 1 amide bonds. The predicted molar refractivity (Wildman–Crippen MR) is 133 cm³/mol. The van der Waals surface area contributed by atoms with Crippen LogP contribution in [0.1, 0.15) is 16.1 Å². The quantitative estimate of drug-likeness (QED) is 0.323. The number of aromatic amines is 1. The molecule has 3 aromatic heterocycles. The van der Waals surface area contributed by atoms with Crippen LogP contribution in [0, 0.1) is 6.92 Å². The number of carbonyl (C=O) groups excluding carboxylic acids is 1. The number of nitrogens with one attached hydrogen (secondary N) is 3. The van der Waals surface area contributed by atoms with Crippen molar-refractivity contribution in [2.45, 2.75) is 6.92 Å². The molecule has 0 atom stereocenters. The molecule has 0 bridgehead atoms. The number of methoxy groups -OCH3 is 1. The van der Waals surface area contributed by atoms with Crippen molar-refractivity contribution in [1.82, 2.24) is 19.9 Å². The summed E-state index contributed by atoms with van der Waals surface area (Å²) in [7, 11) is 1.62. The molecule has 0 radical (unpaired) electrons. The van der Waals surface area contributed by atoms with Gasteiger partial charge in [-0.1, -0.05) is 0 Å². The van der Waals surface area contributed by atoms with Crippen LogP contribution in [0.5, 0.6) is 5.75 Å². The normalized spacial score (nSPS) is 10.8. The van der Waals surface area contributed by atoms with E-state index in [0.29, 0.717) is 11.6 Å². The SMILES string of the molecule is COc1ccc(NC(=O)c2cc3cc(Nc4nccc(-c5cccnc5)n4)ccc3[nH]2)c(C)c1. The Hall–Kier alpha value is -4.72. The highest BCUT2D eigenvalue weighted by molar-refractivity contribution is 6.06. The lowest BCUT2D eigenvalue weighted by atomic mass is 10.2. The lowest BCUT2D eigenvalue weighted by Crippen LogP contribution is -2.13. The number of H-pyrrole nitrogens is 1. The zero-order chi connectivity index (χ0) is 23.5. The van der Waals surface area contributed by atoms with Gasteiger partial charge < -0.3 is 20.4 Å². The van der Waals surface area contributed by atoms with Crippen LogP contribution in [-0.2, 0) is 0 Å². The molecular weight excluding hydrogens is 428 g/mol. The summed E-state index contributed by atoms with van der Waals surface area (Å²) in [5.74, 6) is 1.01. The van der Waals surface area contributed by atoms with E-state index in [9.17, 15) is 4.79 Å². The zero-order valence-electron chi connectivity index (χ0n) is 18.7. The Kier molecular flexibility index (Phi) is 5.61. The summed E-state index contributed by atoms with van der Waals surface area (Å²) >= 11 is 0. The van der Waals surface area contributed by atoms with Crippen LogP contribution in [0.2, 0.25) is 0 Å². The molecule has 168 valence electrons. The number of anilines is 3. The number of fused-ring (bicyclic) bond motifs is 1. The molecule has 0 aliphatic rings. The monoisotopic (exact) mass is 450 g/mol. The number of amides is 1. The average Bonchev–Trinajstić information content (AvgIpc) is 3.30. The number of benzene rings is 2. The highest BCUT2D eigenvalue weighted by atomic mass is 16.5. The first-order chi connectivity index (χ1) is 16.6. The van der Waals surface area contributed by atoms with Crippen LogP contribution in [0.4, 0.5) is 17.3 Å². The van der Waals surface area contributed by atoms with Crippen molar-refractivity contribution in [3.8, 4) is 17.0 Å². The van der Waals surface area contributed by atoms with Crippen LogP contribution in [0.3, 0.4) is 0 Å². The molecule has 3 heterocycles. The molecule has 0 aliphatic heterocycles. The van der Waals surface area contributed by atoms with Gasteiger partial charge in [0.2, 0.25) is 5.95 Å². The second kappa shape index (κ2) is 9.03. The van der Waals surface area contributed by atoms with Crippen LogP contribution >= 0.6 is 0 Å². The molecule has 8 heteroatoms. The summed E-state index contributed by atoms with van der Waals surface area (Å²) in [6, 6.07) is 18.8. The Morgan fingerprint density at radius 3 is 2.74 bits per heavy atom. The third kappa shape index (κ3) is 4.42. The molecule has 5 rings (SSSR count). The van der Waals surface area contributed by atoms with Crippen LogP contribution in [0.15, 0.2) is 79.3 Å². The highest BCUT2D eigenvalue weighted by Crippen LogP contribution is 2.25. The minimum Gasteiger partial charge on any atom is -0.497 e. The van der Waals surface area contributed by atoms with E-state index in [4.69, 9.17) is 4.74 Å². The predicted octanol–water partition coefficient (Wildman–Crippen LogP) is 5.33. The first-order valence-corrected chi connectivity index (χ1v) is 10.7. The first-order valence-electron chi connectivity index (χ1n) is 10.7. The van der Waals surface area contributed by atoms with Gasteiger partial charge in [0.25, 0.3) is 5.91 Å². The van der Waals surface area contributed by atoms with Crippen LogP contribution < -0.4 is 15.4 Å². The van der Waals surface area contributed by atoms with E-state index in [0.717, 1.165) is 44.8 Å². The number of hydrogen-bond acceptors (Lipinski definition) is 6. The van der Waals surface area contributed by atoms with Crippen molar-refractivity contribution in [2.75, 3.05) is 17.7 Å². The van der Waals surface area contributed by atoms with Gasteiger partial charge in [-0.3, -0.25) is 9.78 Å². The maximum atomic E-state index is 12.8. The van der Waals surface area contributed by atoms with E-state index in [-0.39, 0.29) is 5.91 Å². The molecule has 0 aliphatic carbocycles. The number of carbonyl (C=O) groups is 1. The van der Waals surface area contributed by atoms with Gasteiger partial charge in [-0.05, 0) is 73.2 Å². The first kappa shape index (κ1) is 21.1. The molecule has 8 nitrogen and oxygen atoms in total. The Morgan fingerprint density at radius 1 is 1.03 bits per heavy atom. The largest absolute Gasteiger partial charge is 0.497 e. The van der Waals surface area contributed by atoms with E-state index in [1.165, 1.54) is 0 Å². The van der Waals surface area contributed by atoms with Crippen molar-refractivity contribution < 1.29 is 9.53 Å². The smallest absolute Gasteiger partial charge is 0.272 e. The Morgan fingerprint density at radius 2 is 1.94 bits per heavy atom. The van der Waals surface area contributed by atoms with Gasteiger partial charge in [-0.15, -0.1) is 0 Å². The average molecular weight is 451 g/mol. The molecular formula is C26H22N6O2. The molecule has 0 fully saturated rings. The van der Waals surface area contributed by atoms with Gasteiger partial charge in [-0.2, -0.15) is 0 Å². The lowest BCUT2D eigenvalue weighted by molar-refractivity contribution is 0.102. The summed E-state index contributed by atoms with van der Waals surface area (Å²) < 4.78 is 5.23. The van der Waals surface area contributed by atoms with Gasteiger partial charge in [-0.25, -0.2) is 9.97 Å². The number of aryl methyl sites for hydroxylation is 1. The number of aromatic nitrogens is 4. The second-order valence-corrected chi connectivity index (χ2v) is 7.75.